The van der Waals surface area contributed by atoms with Crippen LogP contribution in [0.5, 0.6) is 0 Å². The molecule has 0 aromatic heterocycles. The van der Waals surface area contributed by atoms with E-state index in [0.717, 1.165) is 30.1 Å². The van der Waals surface area contributed by atoms with E-state index in [1.54, 1.807) is 0 Å². The standard InChI is InChI=1S/C15H21NO/c1-3-16(10-13-7-8-13)11-15(17)14-6-4-5-12(2)9-14/h4-6,9,13H,3,7-8,10-11H2,1-2H3. The summed E-state index contributed by atoms with van der Waals surface area (Å²) in [6.07, 6.45) is 2.68. The van der Waals surface area contributed by atoms with Gasteiger partial charge in [0.05, 0.1) is 6.54 Å². The molecule has 0 N–H and O–H groups in total. The van der Waals surface area contributed by atoms with Crippen molar-refractivity contribution < 1.29 is 4.79 Å². The molecule has 1 aliphatic carbocycles. The van der Waals surface area contributed by atoms with E-state index in [1.807, 2.05) is 31.2 Å². The van der Waals surface area contributed by atoms with Gasteiger partial charge in [-0.05, 0) is 38.3 Å². The molecule has 0 saturated heterocycles. The van der Waals surface area contributed by atoms with Crippen LogP contribution in [0.2, 0.25) is 0 Å². The Bertz CT molecular complexity index is 396. The zero-order valence-electron chi connectivity index (χ0n) is 10.8. The van der Waals surface area contributed by atoms with Gasteiger partial charge < -0.3 is 0 Å². The molecule has 1 fully saturated rings. The minimum absolute atomic E-state index is 0.246. The Morgan fingerprint density at radius 2 is 2.18 bits per heavy atom. The molecular weight excluding hydrogens is 210 g/mol. The van der Waals surface area contributed by atoms with Gasteiger partial charge in [0.25, 0.3) is 0 Å². The van der Waals surface area contributed by atoms with Gasteiger partial charge in [-0.2, -0.15) is 0 Å². The van der Waals surface area contributed by atoms with Crippen molar-refractivity contribution in [3.05, 3.63) is 35.4 Å². The summed E-state index contributed by atoms with van der Waals surface area (Å²) >= 11 is 0. The average Bonchev–Trinajstić information content (AvgIpc) is 3.12. The van der Waals surface area contributed by atoms with Crippen molar-refractivity contribution in [2.45, 2.75) is 26.7 Å². The molecule has 2 rings (SSSR count). The maximum absolute atomic E-state index is 12.1. The van der Waals surface area contributed by atoms with E-state index in [4.69, 9.17) is 0 Å². The highest BCUT2D eigenvalue weighted by atomic mass is 16.1. The third-order valence-corrected chi connectivity index (χ3v) is 3.37. The van der Waals surface area contributed by atoms with Crippen molar-refractivity contribution in [1.29, 1.82) is 0 Å². The molecule has 0 heterocycles. The average molecular weight is 231 g/mol. The Balaban J connectivity index is 1.94. The number of benzene rings is 1. The summed E-state index contributed by atoms with van der Waals surface area (Å²) in [6, 6.07) is 7.88. The van der Waals surface area contributed by atoms with Gasteiger partial charge >= 0.3 is 0 Å². The fraction of sp³-hybridized carbons (Fsp3) is 0.533. The molecule has 2 heteroatoms. The Labute approximate surface area is 104 Å². The van der Waals surface area contributed by atoms with E-state index < -0.39 is 0 Å². The van der Waals surface area contributed by atoms with E-state index >= 15 is 0 Å². The van der Waals surface area contributed by atoms with Gasteiger partial charge in [0.1, 0.15) is 0 Å². The molecule has 0 unspecified atom stereocenters. The number of likely N-dealkylation sites (N-methyl/N-ethyl adjacent to an activating group) is 1. The van der Waals surface area contributed by atoms with Gasteiger partial charge in [-0.25, -0.2) is 0 Å². The van der Waals surface area contributed by atoms with Crippen molar-refractivity contribution in [2.75, 3.05) is 19.6 Å². The van der Waals surface area contributed by atoms with Crippen LogP contribution >= 0.6 is 0 Å². The number of Topliss-reactive ketones (excluding diaryl/α,β-unsaturated/α-hetero) is 1. The Kier molecular flexibility index (Phi) is 3.95. The van der Waals surface area contributed by atoms with Crippen molar-refractivity contribution in [2.24, 2.45) is 5.92 Å². The van der Waals surface area contributed by atoms with E-state index in [9.17, 15) is 4.79 Å². The van der Waals surface area contributed by atoms with Crippen LogP contribution in [0.25, 0.3) is 0 Å². The fourth-order valence-corrected chi connectivity index (χ4v) is 2.08. The highest BCUT2D eigenvalue weighted by Crippen LogP contribution is 2.29. The van der Waals surface area contributed by atoms with E-state index in [2.05, 4.69) is 11.8 Å². The first-order valence-corrected chi connectivity index (χ1v) is 6.51. The van der Waals surface area contributed by atoms with Crippen molar-refractivity contribution in [1.82, 2.24) is 4.90 Å². The minimum Gasteiger partial charge on any atom is -0.296 e. The highest BCUT2D eigenvalue weighted by molar-refractivity contribution is 5.97. The number of nitrogens with zero attached hydrogens (tertiary/aromatic N) is 1. The largest absolute Gasteiger partial charge is 0.296 e. The molecule has 17 heavy (non-hydrogen) atoms. The molecule has 0 radical (unpaired) electrons. The number of ketones is 1. The lowest BCUT2D eigenvalue weighted by Gasteiger charge is -2.19. The predicted octanol–water partition coefficient (Wildman–Crippen LogP) is 2.91. The first-order valence-electron chi connectivity index (χ1n) is 6.51. The van der Waals surface area contributed by atoms with E-state index in [0.29, 0.717) is 6.54 Å². The monoisotopic (exact) mass is 231 g/mol. The third kappa shape index (κ3) is 3.67. The number of carbonyl (C=O) groups is 1. The zero-order valence-corrected chi connectivity index (χ0v) is 10.8. The molecule has 0 aliphatic heterocycles. The summed E-state index contributed by atoms with van der Waals surface area (Å²) in [7, 11) is 0. The summed E-state index contributed by atoms with van der Waals surface area (Å²) < 4.78 is 0. The van der Waals surface area contributed by atoms with Crippen LogP contribution in [-0.4, -0.2) is 30.3 Å². The second-order valence-corrected chi connectivity index (χ2v) is 5.06. The third-order valence-electron chi connectivity index (χ3n) is 3.37. The molecule has 1 aliphatic rings. The quantitative estimate of drug-likeness (QED) is 0.702. The molecule has 92 valence electrons. The molecule has 0 spiro atoms. The number of aryl methyl sites for hydroxylation is 1. The second kappa shape index (κ2) is 5.46. The molecule has 1 aromatic carbocycles. The number of hydrogen-bond acceptors (Lipinski definition) is 2. The van der Waals surface area contributed by atoms with E-state index in [1.165, 1.54) is 12.8 Å². The van der Waals surface area contributed by atoms with Crippen LogP contribution < -0.4 is 0 Å². The highest BCUT2D eigenvalue weighted by Gasteiger charge is 2.24. The van der Waals surface area contributed by atoms with Crippen molar-refractivity contribution >= 4 is 5.78 Å². The van der Waals surface area contributed by atoms with Crippen LogP contribution in [0.4, 0.5) is 0 Å². The molecule has 1 aromatic rings. The summed E-state index contributed by atoms with van der Waals surface area (Å²) in [5.41, 5.74) is 2.00. The van der Waals surface area contributed by atoms with Gasteiger partial charge in [0, 0.05) is 12.1 Å². The molecule has 0 atom stereocenters. The number of hydrogen-bond donors (Lipinski definition) is 0. The maximum Gasteiger partial charge on any atom is 0.176 e. The van der Waals surface area contributed by atoms with Crippen LogP contribution in [-0.2, 0) is 0 Å². The lowest BCUT2D eigenvalue weighted by molar-refractivity contribution is 0.0931. The number of rotatable bonds is 6. The van der Waals surface area contributed by atoms with E-state index in [-0.39, 0.29) is 5.78 Å². The summed E-state index contributed by atoms with van der Waals surface area (Å²) in [4.78, 5) is 14.4. The van der Waals surface area contributed by atoms with Gasteiger partial charge in [0.15, 0.2) is 5.78 Å². The van der Waals surface area contributed by atoms with Gasteiger partial charge in [0.2, 0.25) is 0 Å². The summed E-state index contributed by atoms with van der Waals surface area (Å²) in [6.45, 7) is 6.78. The first kappa shape index (κ1) is 12.3. The first-order chi connectivity index (χ1) is 8.19. The maximum atomic E-state index is 12.1. The SMILES string of the molecule is CCN(CC(=O)c1cccc(C)c1)CC1CC1. The minimum atomic E-state index is 0.246. The predicted molar refractivity (Wildman–Crippen MR) is 70.3 cm³/mol. The van der Waals surface area contributed by atoms with Crippen LogP contribution in [0.15, 0.2) is 24.3 Å². The Morgan fingerprint density at radius 1 is 1.41 bits per heavy atom. The van der Waals surface area contributed by atoms with Crippen LogP contribution in [0, 0.1) is 12.8 Å². The molecule has 1 saturated carbocycles. The topological polar surface area (TPSA) is 20.3 Å². The molecular formula is C15H21NO. The van der Waals surface area contributed by atoms with Gasteiger partial charge in [-0.15, -0.1) is 0 Å². The lowest BCUT2D eigenvalue weighted by atomic mass is 10.1. The normalized spacial score (nSPS) is 15.2. The van der Waals surface area contributed by atoms with Crippen molar-refractivity contribution in [3.63, 3.8) is 0 Å². The Hall–Kier alpha value is -1.15. The molecule has 0 amide bonds. The smallest absolute Gasteiger partial charge is 0.176 e. The lowest BCUT2D eigenvalue weighted by Crippen LogP contribution is -2.31. The van der Waals surface area contributed by atoms with Gasteiger partial charge in [-0.3, -0.25) is 9.69 Å². The van der Waals surface area contributed by atoms with Crippen molar-refractivity contribution in [3.8, 4) is 0 Å². The zero-order chi connectivity index (χ0) is 12.3. The van der Waals surface area contributed by atoms with Crippen LogP contribution in [0.3, 0.4) is 0 Å². The van der Waals surface area contributed by atoms with Crippen LogP contribution in [0.1, 0.15) is 35.7 Å². The van der Waals surface area contributed by atoms with Gasteiger partial charge in [-0.1, -0.05) is 30.7 Å². The number of carbonyl (C=O) groups excluding carboxylic acids is 1. The summed E-state index contributed by atoms with van der Waals surface area (Å²) in [5.74, 6) is 1.09. The molecule has 0 bridgehead atoms. The Morgan fingerprint density at radius 3 is 2.76 bits per heavy atom. The fourth-order valence-electron chi connectivity index (χ4n) is 2.08. The second-order valence-electron chi connectivity index (χ2n) is 5.06. The molecule has 2 nitrogen and oxygen atoms in total. The summed E-state index contributed by atoms with van der Waals surface area (Å²) in [5, 5.41) is 0.